The van der Waals surface area contributed by atoms with Crippen LogP contribution in [0, 0.1) is 0 Å². The zero-order chi connectivity index (χ0) is 17.2. The van der Waals surface area contributed by atoms with Crippen LogP contribution in [0.15, 0.2) is 53.4 Å². The maximum Gasteiger partial charge on any atom is 0.269 e. The van der Waals surface area contributed by atoms with E-state index in [4.69, 9.17) is 0 Å². The van der Waals surface area contributed by atoms with E-state index in [2.05, 4.69) is 4.98 Å². The summed E-state index contributed by atoms with van der Waals surface area (Å²) in [7, 11) is -3.81. The number of aromatic nitrogens is 1. The van der Waals surface area contributed by atoms with Crippen molar-refractivity contribution in [3.8, 4) is 0 Å². The minimum atomic E-state index is -3.81. The van der Waals surface area contributed by atoms with Gasteiger partial charge in [0, 0.05) is 16.6 Å². The van der Waals surface area contributed by atoms with Gasteiger partial charge in [0.15, 0.2) is 0 Å². The van der Waals surface area contributed by atoms with Crippen molar-refractivity contribution >= 4 is 26.8 Å². The molecule has 5 rings (SSSR count). The number of sulfonamides is 1. The van der Waals surface area contributed by atoms with Crippen LogP contribution in [-0.2, 0) is 16.4 Å². The molecule has 126 valence electrons. The molecule has 1 aliphatic heterocycles. The number of rotatable bonds is 1. The van der Waals surface area contributed by atoms with Crippen LogP contribution < -0.4 is 0 Å². The van der Waals surface area contributed by atoms with Gasteiger partial charge in [0.25, 0.3) is 15.9 Å². The molecule has 0 saturated heterocycles. The van der Waals surface area contributed by atoms with Crippen LogP contribution in [0.2, 0.25) is 0 Å². The highest BCUT2D eigenvalue weighted by Crippen LogP contribution is 2.43. The minimum Gasteiger partial charge on any atom is -0.356 e. The molecule has 1 atom stereocenters. The zero-order valence-electron chi connectivity index (χ0n) is 13.4. The number of amides is 1. The first-order chi connectivity index (χ1) is 12.1. The Balaban J connectivity index is 1.71. The third kappa shape index (κ3) is 1.88. The number of carbonyl (C=O) groups excluding carboxylic acids is 1. The van der Waals surface area contributed by atoms with Gasteiger partial charge in [-0.1, -0.05) is 30.3 Å². The molecule has 1 aromatic heterocycles. The highest BCUT2D eigenvalue weighted by atomic mass is 32.2. The lowest BCUT2D eigenvalue weighted by molar-refractivity contribution is 0.0820. The van der Waals surface area contributed by atoms with Crippen molar-refractivity contribution in [3.63, 3.8) is 0 Å². The molecule has 0 saturated carbocycles. The Kier molecular flexibility index (Phi) is 2.92. The monoisotopic (exact) mass is 352 g/mol. The molecule has 3 aromatic rings. The summed E-state index contributed by atoms with van der Waals surface area (Å²) in [6, 6.07) is 13.9. The van der Waals surface area contributed by atoms with Crippen molar-refractivity contribution in [2.75, 3.05) is 0 Å². The van der Waals surface area contributed by atoms with Crippen LogP contribution in [0.4, 0.5) is 0 Å². The van der Waals surface area contributed by atoms with E-state index in [0.717, 1.165) is 39.3 Å². The lowest BCUT2D eigenvalue weighted by atomic mass is 9.91. The predicted octanol–water partition coefficient (Wildman–Crippen LogP) is 3.39. The number of benzene rings is 2. The van der Waals surface area contributed by atoms with Crippen molar-refractivity contribution in [2.24, 2.45) is 0 Å². The maximum atomic E-state index is 13.0. The summed E-state index contributed by atoms with van der Waals surface area (Å²) in [6.07, 6.45) is 2.39. The number of hydrogen-bond acceptors (Lipinski definition) is 3. The number of hydrogen-bond donors (Lipinski definition) is 1. The molecule has 0 spiro atoms. The van der Waals surface area contributed by atoms with E-state index in [9.17, 15) is 13.2 Å². The number of nitrogens with one attached hydrogen (secondary N) is 1. The normalized spacial score (nSPS) is 21.4. The quantitative estimate of drug-likeness (QED) is 0.730. The fraction of sp³-hybridized carbons (Fsp3) is 0.211. The van der Waals surface area contributed by atoms with Gasteiger partial charge in [-0.3, -0.25) is 4.79 Å². The van der Waals surface area contributed by atoms with Gasteiger partial charge in [-0.25, -0.2) is 12.7 Å². The Hall–Kier alpha value is -2.60. The molecule has 1 aliphatic carbocycles. The lowest BCUT2D eigenvalue weighted by Gasteiger charge is -2.30. The average molecular weight is 352 g/mol. The molecule has 2 aliphatic rings. The zero-order valence-corrected chi connectivity index (χ0v) is 14.2. The van der Waals surface area contributed by atoms with E-state index >= 15 is 0 Å². The second-order valence-corrected chi connectivity index (χ2v) is 8.36. The Morgan fingerprint density at radius 3 is 2.64 bits per heavy atom. The van der Waals surface area contributed by atoms with Crippen molar-refractivity contribution in [1.82, 2.24) is 9.29 Å². The molecule has 0 radical (unpaired) electrons. The molecule has 6 heteroatoms. The number of para-hydroxylation sites is 1. The van der Waals surface area contributed by atoms with E-state index < -0.39 is 22.0 Å². The molecule has 2 heterocycles. The molecule has 1 unspecified atom stereocenters. The van der Waals surface area contributed by atoms with Gasteiger partial charge in [0.1, 0.15) is 4.90 Å². The highest BCUT2D eigenvalue weighted by molar-refractivity contribution is 7.90. The first-order valence-electron chi connectivity index (χ1n) is 8.36. The van der Waals surface area contributed by atoms with Crippen molar-refractivity contribution in [2.45, 2.75) is 30.2 Å². The summed E-state index contributed by atoms with van der Waals surface area (Å²) in [6.45, 7) is 0. The van der Waals surface area contributed by atoms with Crippen molar-refractivity contribution in [1.29, 1.82) is 0 Å². The topological polar surface area (TPSA) is 70.2 Å². The van der Waals surface area contributed by atoms with Crippen LogP contribution in [-0.4, -0.2) is 23.6 Å². The minimum absolute atomic E-state index is 0.114. The van der Waals surface area contributed by atoms with E-state index in [0.29, 0.717) is 6.42 Å². The van der Waals surface area contributed by atoms with E-state index in [1.165, 1.54) is 6.07 Å². The largest absolute Gasteiger partial charge is 0.356 e. The fourth-order valence-electron chi connectivity index (χ4n) is 4.14. The van der Waals surface area contributed by atoms with E-state index in [1.807, 2.05) is 24.3 Å². The number of nitrogens with zero attached hydrogens (tertiary/aromatic N) is 1. The summed E-state index contributed by atoms with van der Waals surface area (Å²) in [5.41, 5.74) is 3.25. The first-order valence-corrected chi connectivity index (χ1v) is 9.80. The summed E-state index contributed by atoms with van der Waals surface area (Å²) >= 11 is 0. The molecule has 25 heavy (non-hydrogen) atoms. The molecule has 5 nitrogen and oxygen atoms in total. The summed E-state index contributed by atoms with van der Waals surface area (Å²) in [5, 5.41) is 1.11. The first kappa shape index (κ1) is 14.7. The van der Waals surface area contributed by atoms with Crippen LogP contribution in [0.1, 0.15) is 40.5 Å². The van der Waals surface area contributed by atoms with Gasteiger partial charge in [-0.2, -0.15) is 0 Å². The smallest absolute Gasteiger partial charge is 0.269 e. The Morgan fingerprint density at radius 1 is 1.04 bits per heavy atom. The van der Waals surface area contributed by atoms with Crippen LogP contribution in [0.25, 0.3) is 10.9 Å². The second-order valence-electron chi connectivity index (χ2n) is 6.57. The van der Waals surface area contributed by atoms with Crippen LogP contribution >= 0.6 is 0 Å². The van der Waals surface area contributed by atoms with Gasteiger partial charge in [-0.05, 0) is 43.0 Å². The number of aryl methyl sites for hydroxylation is 1. The van der Waals surface area contributed by atoms with Crippen LogP contribution in [0.3, 0.4) is 0 Å². The van der Waals surface area contributed by atoms with E-state index in [1.54, 1.807) is 18.2 Å². The maximum absolute atomic E-state index is 13.0. The summed E-state index contributed by atoms with van der Waals surface area (Å²) in [5.74, 6) is -0.424. The third-order valence-electron chi connectivity index (χ3n) is 5.22. The van der Waals surface area contributed by atoms with E-state index in [-0.39, 0.29) is 10.5 Å². The van der Waals surface area contributed by atoms with Gasteiger partial charge >= 0.3 is 0 Å². The van der Waals surface area contributed by atoms with Crippen LogP contribution in [0.5, 0.6) is 0 Å². The van der Waals surface area contributed by atoms with Crippen molar-refractivity contribution in [3.05, 3.63) is 65.4 Å². The van der Waals surface area contributed by atoms with Crippen molar-refractivity contribution < 1.29 is 13.2 Å². The Labute approximate surface area is 145 Å². The molecular weight excluding hydrogens is 336 g/mol. The predicted molar refractivity (Wildman–Crippen MR) is 93.8 cm³/mol. The molecule has 0 fully saturated rings. The van der Waals surface area contributed by atoms with Gasteiger partial charge in [-0.15, -0.1) is 0 Å². The van der Waals surface area contributed by atoms with Gasteiger partial charge in [0.05, 0.1) is 11.6 Å². The molecule has 1 amide bonds. The van der Waals surface area contributed by atoms with Gasteiger partial charge in [0.2, 0.25) is 0 Å². The molecule has 0 bridgehead atoms. The lowest BCUT2D eigenvalue weighted by Crippen LogP contribution is -2.36. The fourth-order valence-corrected chi connectivity index (χ4v) is 5.90. The Bertz CT molecular complexity index is 1130. The number of fused-ring (bicyclic) bond motifs is 4. The average Bonchev–Trinajstić information content (AvgIpc) is 3.09. The second kappa shape index (κ2) is 4.95. The Morgan fingerprint density at radius 2 is 1.80 bits per heavy atom. The van der Waals surface area contributed by atoms with Gasteiger partial charge < -0.3 is 4.98 Å². The standard InChI is InChI=1S/C19H16N2O3S/c22-19-14-7-2-4-11-17(14)25(23,24)21(19)16-10-5-8-13-12-6-1-3-9-15(12)20-18(13)16/h1-4,6-7,9,11,16,20H,5,8,10H2. The SMILES string of the molecule is O=C1c2ccccc2S(=O)(=O)N1C1CCCc2c1[nH]c1ccccc21. The summed E-state index contributed by atoms with van der Waals surface area (Å²) in [4.78, 5) is 16.4. The number of carbonyl (C=O) groups is 1. The molecule has 2 aromatic carbocycles. The number of aromatic amines is 1. The molecule has 1 N–H and O–H groups in total. The molecular formula is C19H16N2O3S. The third-order valence-corrected chi connectivity index (χ3v) is 7.07. The number of H-pyrrole nitrogens is 1. The highest BCUT2D eigenvalue weighted by Gasteiger charge is 2.46. The summed E-state index contributed by atoms with van der Waals surface area (Å²) < 4.78 is 27.1.